The van der Waals surface area contributed by atoms with Crippen molar-refractivity contribution < 1.29 is 9.53 Å². The van der Waals surface area contributed by atoms with Crippen molar-refractivity contribution in [2.45, 2.75) is 19.3 Å². The second-order valence-electron chi connectivity index (χ2n) is 5.01. The fourth-order valence-corrected chi connectivity index (χ4v) is 2.71. The van der Waals surface area contributed by atoms with Crippen LogP contribution >= 0.6 is 23.2 Å². The summed E-state index contributed by atoms with van der Waals surface area (Å²) in [6, 6.07) is 5.12. The predicted octanol–water partition coefficient (Wildman–Crippen LogP) is 2.97. The van der Waals surface area contributed by atoms with E-state index in [4.69, 9.17) is 27.9 Å². The first-order valence-corrected chi connectivity index (χ1v) is 7.99. The minimum Gasteiger partial charge on any atom is -0.492 e. The molecular weight excluding hydrogens is 311 g/mol. The Balaban J connectivity index is 1.70. The maximum Gasteiger partial charge on any atom is 0.222 e. The van der Waals surface area contributed by atoms with Crippen molar-refractivity contribution in [1.82, 2.24) is 10.2 Å². The lowest BCUT2D eigenvalue weighted by molar-refractivity contribution is -0.131. The highest BCUT2D eigenvalue weighted by Crippen LogP contribution is 2.27. The van der Waals surface area contributed by atoms with Gasteiger partial charge in [-0.1, -0.05) is 23.2 Å². The Morgan fingerprint density at radius 3 is 2.95 bits per heavy atom. The molecule has 0 aliphatic carbocycles. The summed E-state index contributed by atoms with van der Waals surface area (Å²) in [5.74, 6) is 0.803. The Hall–Kier alpha value is -0.970. The van der Waals surface area contributed by atoms with Gasteiger partial charge in [0.25, 0.3) is 0 Å². The zero-order valence-corrected chi connectivity index (χ0v) is 13.4. The van der Waals surface area contributed by atoms with Crippen molar-refractivity contribution in [1.29, 1.82) is 0 Å². The number of amides is 1. The minimum absolute atomic E-state index is 0.199. The molecule has 1 N–H and O–H groups in total. The molecule has 2 rings (SSSR count). The summed E-state index contributed by atoms with van der Waals surface area (Å²) in [5, 5.41) is 4.36. The number of halogens is 2. The first-order chi connectivity index (χ1) is 10.2. The number of carbonyl (C=O) groups excluding carboxylic acids is 1. The van der Waals surface area contributed by atoms with E-state index in [0.29, 0.717) is 35.2 Å². The van der Waals surface area contributed by atoms with E-state index in [0.717, 1.165) is 32.6 Å². The van der Waals surface area contributed by atoms with Crippen molar-refractivity contribution in [2.24, 2.45) is 0 Å². The van der Waals surface area contributed by atoms with Gasteiger partial charge in [0.2, 0.25) is 5.91 Å². The van der Waals surface area contributed by atoms with E-state index in [9.17, 15) is 4.79 Å². The van der Waals surface area contributed by atoms with Crippen LogP contribution in [0.2, 0.25) is 10.0 Å². The van der Waals surface area contributed by atoms with Crippen LogP contribution in [-0.4, -0.2) is 43.6 Å². The van der Waals surface area contributed by atoms with E-state index in [1.165, 1.54) is 0 Å². The molecule has 1 amide bonds. The number of nitrogens with one attached hydrogen (secondary N) is 1. The van der Waals surface area contributed by atoms with E-state index in [2.05, 4.69) is 5.32 Å². The second kappa shape index (κ2) is 8.47. The number of ether oxygens (including phenoxy) is 1. The molecule has 6 heteroatoms. The summed E-state index contributed by atoms with van der Waals surface area (Å²) in [4.78, 5) is 14.0. The Bertz CT molecular complexity index is 475. The number of hydrogen-bond donors (Lipinski definition) is 1. The molecule has 1 heterocycles. The lowest BCUT2D eigenvalue weighted by atomic mass is 10.2. The summed E-state index contributed by atoms with van der Waals surface area (Å²) >= 11 is 11.8. The van der Waals surface area contributed by atoms with Crippen molar-refractivity contribution in [3.8, 4) is 5.75 Å². The van der Waals surface area contributed by atoms with Crippen molar-refractivity contribution in [2.75, 3.05) is 32.8 Å². The van der Waals surface area contributed by atoms with Crippen LogP contribution in [0.25, 0.3) is 0 Å². The van der Waals surface area contributed by atoms with Crippen LogP contribution in [0.4, 0.5) is 0 Å². The van der Waals surface area contributed by atoms with Gasteiger partial charge in [0.15, 0.2) is 0 Å². The molecule has 0 saturated carbocycles. The molecule has 1 fully saturated rings. The SMILES string of the molecule is O=C(CCCOc1ccc(Cl)cc1Cl)N1CCCNCC1. The van der Waals surface area contributed by atoms with Crippen LogP contribution in [0.15, 0.2) is 18.2 Å². The third-order valence-electron chi connectivity index (χ3n) is 3.38. The molecule has 1 aliphatic heterocycles. The summed E-state index contributed by atoms with van der Waals surface area (Å²) in [6.07, 6.45) is 2.20. The molecule has 0 unspecified atom stereocenters. The van der Waals surface area contributed by atoms with E-state index in [1.807, 2.05) is 4.90 Å². The lowest BCUT2D eigenvalue weighted by Crippen LogP contribution is -2.34. The Labute approximate surface area is 135 Å². The molecule has 1 aliphatic rings. The van der Waals surface area contributed by atoms with Crippen molar-refractivity contribution >= 4 is 29.1 Å². The van der Waals surface area contributed by atoms with Gasteiger partial charge in [-0.15, -0.1) is 0 Å². The first-order valence-electron chi connectivity index (χ1n) is 7.23. The number of benzene rings is 1. The van der Waals surface area contributed by atoms with Crippen LogP contribution in [0, 0.1) is 0 Å². The topological polar surface area (TPSA) is 41.6 Å². The molecular formula is C15H20Cl2N2O2. The fraction of sp³-hybridized carbons (Fsp3) is 0.533. The Morgan fingerprint density at radius 2 is 2.14 bits per heavy atom. The third kappa shape index (κ3) is 5.38. The largest absolute Gasteiger partial charge is 0.492 e. The Morgan fingerprint density at radius 1 is 1.29 bits per heavy atom. The third-order valence-corrected chi connectivity index (χ3v) is 3.91. The predicted molar refractivity (Wildman–Crippen MR) is 85.3 cm³/mol. The molecule has 0 atom stereocenters. The zero-order valence-electron chi connectivity index (χ0n) is 11.9. The average Bonchev–Trinajstić information content (AvgIpc) is 2.74. The molecule has 0 radical (unpaired) electrons. The maximum absolute atomic E-state index is 12.1. The molecule has 0 spiro atoms. The number of nitrogens with zero attached hydrogens (tertiary/aromatic N) is 1. The molecule has 21 heavy (non-hydrogen) atoms. The highest BCUT2D eigenvalue weighted by Gasteiger charge is 2.14. The van der Waals surface area contributed by atoms with Gasteiger partial charge in [-0.25, -0.2) is 0 Å². The van der Waals surface area contributed by atoms with Gasteiger partial charge in [0, 0.05) is 31.1 Å². The fourth-order valence-electron chi connectivity index (χ4n) is 2.25. The zero-order chi connectivity index (χ0) is 15.1. The molecule has 0 bridgehead atoms. The molecule has 116 valence electrons. The van der Waals surface area contributed by atoms with Crippen molar-refractivity contribution in [3.05, 3.63) is 28.2 Å². The summed E-state index contributed by atoms with van der Waals surface area (Å²) in [7, 11) is 0. The van der Waals surface area contributed by atoms with Crippen LogP contribution in [0.5, 0.6) is 5.75 Å². The monoisotopic (exact) mass is 330 g/mol. The van der Waals surface area contributed by atoms with Gasteiger partial charge >= 0.3 is 0 Å². The van der Waals surface area contributed by atoms with Gasteiger partial charge in [0.1, 0.15) is 5.75 Å². The minimum atomic E-state index is 0.199. The smallest absolute Gasteiger partial charge is 0.222 e. The normalized spacial score (nSPS) is 15.6. The molecule has 1 saturated heterocycles. The Kier molecular flexibility index (Phi) is 6.61. The first kappa shape index (κ1) is 16.4. The van der Waals surface area contributed by atoms with Crippen LogP contribution in [0.3, 0.4) is 0 Å². The van der Waals surface area contributed by atoms with Crippen molar-refractivity contribution in [3.63, 3.8) is 0 Å². The standard InChI is InChI=1S/C15H20Cl2N2O2/c16-12-4-5-14(13(17)11-12)21-10-1-3-15(20)19-8-2-6-18-7-9-19/h4-5,11,18H,1-3,6-10H2. The van der Waals surface area contributed by atoms with E-state index < -0.39 is 0 Å². The van der Waals surface area contributed by atoms with E-state index in [-0.39, 0.29) is 5.91 Å². The van der Waals surface area contributed by atoms with Crippen LogP contribution in [0.1, 0.15) is 19.3 Å². The van der Waals surface area contributed by atoms with Gasteiger partial charge in [-0.2, -0.15) is 0 Å². The van der Waals surface area contributed by atoms with E-state index in [1.54, 1.807) is 18.2 Å². The summed E-state index contributed by atoms with van der Waals surface area (Å²) in [5.41, 5.74) is 0. The number of hydrogen-bond acceptors (Lipinski definition) is 3. The highest BCUT2D eigenvalue weighted by atomic mass is 35.5. The van der Waals surface area contributed by atoms with E-state index >= 15 is 0 Å². The molecule has 4 nitrogen and oxygen atoms in total. The summed E-state index contributed by atoms with van der Waals surface area (Å²) in [6.45, 7) is 3.97. The number of carbonyl (C=O) groups is 1. The summed E-state index contributed by atoms with van der Waals surface area (Å²) < 4.78 is 5.58. The van der Waals surface area contributed by atoms with Crippen LogP contribution in [-0.2, 0) is 4.79 Å². The average molecular weight is 331 g/mol. The molecule has 0 aromatic heterocycles. The molecule has 1 aromatic carbocycles. The van der Waals surface area contributed by atoms with Gasteiger partial charge in [-0.3, -0.25) is 4.79 Å². The number of rotatable bonds is 5. The quantitative estimate of drug-likeness (QED) is 0.844. The lowest BCUT2D eigenvalue weighted by Gasteiger charge is -2.19. The molecule has 1 aromatic rings. The van der Waals surface area contributed by atoms with Gasteiger partial charge in [0.05, 0.1) is 11.6 Å². The van der Waals surface area contributed by atoms with Gasteiger partial charge in [-0.05, 0) is 37.6 Å². The second-order valence-corrected chi connectivity index (χ2v) is 5.85. The highest BCUT2D eigenvalue weighted by molar-refractivity contribution is 6.35. The van der Waals surface area contributed by atoms with Crippen LogP contribution < -0.4 is 10.1 Å². The maximum atomic E-state index is 12.1. The van der Waals surface area contributed by atoms with Gasteiger partial charge < -0.3 is 15.0 Å².